The van der Waals surface area contributed by atoms with Crippen LogP contribution in [0.2, 0.25) is 0 Å². The normalized spacial score (nSPS) is 12.7. The lowest BCUT2D eigenvalue weighted by molar-refractivity contribution is 0.105. The second kappa shape index (κ2) is 10.8. The fourth-order valence-electron chi connectivity index (χ4n) is 2.90. The standard InChI is InChI=1S/C20H18ClN3O7S2/c1-2-30-20(25)31-19-17-8-3-5-13(12-22-32(26)27)16(17)9-10-18(19)24-23-14-6-4-7-15(11-14)33(21,28)29/h3-11,22H,2,12H2,1H3,(H,26,27)/p-1. The van der Waals surface area contributed by atoms with Crippen LogP contribution in [0.4, 0.5) is 16.2 Å². The molecule has 0 saturated heterocycles. The Morgan fingerprint density at radius 3 is 2.58 bits per heavy atom. The maximum atomic E-state index is 12.0. The summed E-state index contributed by atoms with van der Waals surface area (Å²) in [7, 11) is 1.42. The summed E-state index contributed by atoms with van der Waals surface area (Å²) < 4.78 is 57.4. The Kier molecular flexibility index (Phi) is 8.10. The molecule has 0 aromatic heterocycles. The highest BCUT2D eigenvalue weighted by Crippen LogP contribution is 2.38. The summed E-state index contributed by atoms with van der Waals surface area (Å²) in [6, 6.07) is 13.8. The average Bonchev–Trinajstić information content (AvgIpc) is 2.76. The topological polar surface area (TPSA) is 147 Å². The van der Waals surface area contributed by atoms with E-state index >= 15 is 0 Å². The zero-order chi connectivity index (χ0) is 24.0. The second-order valence-electron chi connectivity index (χ2n) is 6.40. The third kappa shape index (κ3) is 6.55. The van der Waals surface area contributed by atoms with Crippen molar-refractivity contribution in [3.8, 4) is 5.75 Å². The van der Waals surface area contributed by atoms with Gasteiger partial charge >= 0.3 is 6.16 Å². The summed E-state index contributed by atoms with van der Waals surface area (Å²) in [5, 5.41) is 9.22. The van der Waals surface area contributed by atoms with Crippen LogP contribution in [0, 0.1) is 0 Å². The number of fused-ring (bicyclic) bond motifs is 1. The Labute approximate surface area is 196 Å². The third-order valence-electron chi connectivity index (χ3n) is 4.28. The van der Waals surface area contributed by atoms with Gasteiger partial charge in [0.05, 0.1) is 17.2 Å². The van der Waals surface area contributed by atoms with Crippen molar-refractivity contribution in [3.63, 3.8) is 0 Å². The quantitative estimate of drug-likeness (QED) is 0.153. The van der Waals surface area contributed by atoms with Gasteiger partial charge < -0.3 is 14.0 Å². The van der Waals surface area contributed by atoms with Crippen LogP contribution in [0.1, 0.15) is 12.5 Å². The minimum atomic E-state index is -3.95. The second-order valence-corrected chi connectivity index (χ2v) is 9.73. The third-order valence-corrected chi connectivity index (χ3v) is 6.01. The first-order chi connectivity index (χ1) is 15.7. The highest BCUT2D eigenvalue weighted by Gasteiger charge is 2.16. The van der Waals surface area contributed by atoms with E-state index in [9.17, 15) is 22.0 Å². The number of ether oxygens (including phenoxy) is 2. The molecule has 33 heavy (non-hydrogen) atoms. The molecule has 1 atom stereocenters. The van der Waals surface area contributed by atoms with Crippen LogP contribution >= 0.6 is 10.7 Å². The summed E-state index contributed by atoms with van der Waals surface area (Å²) in [5.74, 6) is 0.0425. The Morgan fingerprint density at radius 1 is 1.12 bits per heavy atom. The van der Waals surface area contributed by atoms with Crippen molar-refractivity contribution in [2.45, 2.75) is 18.4 Å². The summed E-state index contributed by atoms with van der Waals surface area (Å²) >= 11 is -2.45. The number of azo groups is 1. The van der Waals surface area contributed by atoms with Gasteiger partial charge in [-0.25, -0.2) is 17.9 Å². The molecule has 0 amide bonds. The number of nitrogens with zero attached hydrogens (tertiary/aromatic N) is 2. The van der Waals surface area contributed by atoms with Gasteiger partial charge in [0.25, 0.3) is 9.05 Å². The van der Waals surface area contributed by atoms with Crippen molar-refractivity contribution in [2.75, 3.05) is 6.61 Å². The largest absolute Gasteiger partial charge is 0.760 e. The maximum absolute atomic E-state index is 12.0. The van der Waals surface area contributed by atoms with Crippen LogP contribution in [0.5, 0.6) is 5.75 Å². The molecule has 0 fully saturated rings. The van der Waals surface area contributed by atoms with Crippen LogP contribution in [0.3, 0.4) is 0 Å². The van der Waals surface area contributed by atoms with E-state index in [1.807, 2.05) is 0 Å². The Hall–Kier alpha value is -2.90. The number of carbonyl (C=O) groups excluding carboxylic acids is 1. The van der Waals surface area contributed by atoms with Crippen molar-refractivity contribution in [3.05, 3.63) is 60.2 Å². The van der Waals surface area contributed by atoms with E-state index in [1.54, 1.807) is 31.2 Å². The van der Waals surface area contributed by atoms with Crippen molar-refractivity contribution in [1.82, 2.24) is 4.72 Å². The Balaban J connectivity index is 2.07. The molecule has 0 radical (unpaired) electrons. The number of rotatable bonds is 8. The van der Waals surface area contributed by atoms with E-state index < -0.39 is 26.5 Å². The molecule has 3 aromatic carbocycles. The lowest BCUT2D eigenvalue weighted by Crippen LogP contribution is -2.15. The summed E-state index contributed by atoms with van der Waals surface area (Å²) in [6.45, 7) is 1.73. The first kappa shape index (κ1) is 24.7. The van der Waals surface area contributed by atoms with Gasteiger partial charge in [0.2, 0.25) is 0 Å². The highest BCUT2D eigenvalue weighted by atomic mass is 35.7. The van der Waals surface area contributed by atoms with E-state index in [0.29, 0.717) is 16.3 Å². The summed E-state index contributed by atoms with van der Waals surface area (Å²) in [6.07, 6.45) is -0.958. The molecule has 0 bridgehead atoms. The van der Waals surface area contributed by atoms with Crippen molar-refractivity contribution in [1.29, 1.82) is 0 Å². The molecule has 0 saturated carbocycles. The van der Waals surface area contributed by atoms with Gasteiger partial charge in [0.15, 0.2) is 5.75 Å². The van der Waals surface area contributed by atoms with E-state index in [0.717, 1.165) is 0 Å². The van der Waals surface area contributed by atoms with Gasteiger partial charge in [0.1, 0.15) is 5.69 Å². The Morgan fingerprint density at radius 2 is 1.88 bits per heavy atom. The number of hydrogen-bond donors (Lipinski definition) is 1. The fraction of sp³-hybridized carbons (Fsp3) is 0.150. The zero-order valence-electron chi connectivity index (χ0n) is 17.1. The molecule has 174 valence electrons. The molecule has 0 heterocycles. The lowest BCUT2D eigenvalue weighted by Gasteiger charge is -2.13. The monoisotopic (exact) mass is 510 g/mol. The van der Waals surface area contributed by atoms with Crippen LogP contribution < -0.4 is 9.46 Å². The summed E-state index contributed by atoms with van der Waals surface area (Å²) in [5.41, 5.74) is 0.996. The fourth-order valence-corrected chi connectivity index (χ4v) is 3.96. The van der Waals surface area contributed by atoms with Crippen molar-refractivity contribution >= 4 is 59.3 Å². The van der Waals surface area contributed by atoms with Crippen LogP contribution in [-0.2, 0) is 31.6 Å². The molecule has 0 aliphatic heterocycles. The molecule has 3 rings (SSSR count). The average molecular weight is 511 g/mol. The highest BCUT2D eigenvalue weighted by molar-refractivity contribution is 8.13. The first-order valence-corrected chi connectivity index (χ1v) is 12.8. The molecule has 3 aromatic rings. The van der Waals surface area contributed by atoms with Crippen LogP contribution in [-0.4, -0.2) is 29.9 Å². The number of carbonyl (C=O) groups is 1. The molecule has 1 unspecified atom stereocenters. The predicted molar refractivity (Wildman–Crippen MR) is 121 cm³/mol. The van der Waals surface area contributed by atoms with Gasteiger partial charge in [-0.1, -0.05) is 30.3 Å². The SMILES string of the molecule is CCOC(=O)Oc1c(N=Nc2cccc(S(=O)(=O)Cl)c2)ccc2c(CNS(=O)[O-])cccc12. The maximum Gasteiger partial charge on any atom is 0.513 e. The first-order valence-electron chi connectivity index (χ1n) is 9.37. The zero-order valence-corrected chi connectivity index (χ0v) is 19.4. The number of hydrogen-bond acceptors (Lipinski definition) is 9. The molecule has 0 spiro atoms. The minimum Gasteiger partial charge on any atom is -0.760 e. The molecule has 10 nitrogen and oxygen atoms in total. The van der Waals surface area contributed by atoms with Gasteiger partial charge in [-0.2, -0.15) is 5.11 Å². The number of benzene rings is 3. The van der Waals surface area contributed by atoms with Crippen LogP contribution in [0.15, 0.2) is 69.7 Å². The van der Waals surface area contributed by atoms with Gasteiger partial charge in [0, 0.05) is 33.9 Å². The van der Waals surface area contributed by atoms with Gasteiger partial charge in [-0.3, -0.25) is 4.21 Å². The van der Waals surface area contributed by atoms with E-state index in [4.69, 9.17) is 20.2 Å². The molecular weight excluding hydrogens is 494 g/mol. The number of halogens is 1. The smallest absolute Gasteiger partial charge is 0.513 e. The molecular formula is C20H17ClN3O7S2-. The van der Waals surface area contributed by atoms with E-state index in [-0.39, 0.29) is 35.2 Å². The van der Waals surface area contributed by atoms with Crippen LogP contribution in [0.25, 0.3) is 10.8 Å². The minimum absolute atomic E-state index is 0.0207. The van der Waals surface area contributed by atoms with Crippen molar-refractivity contribution in [2.24, 2.45) is 10.2 Å². The van der Waals surface area contributed by atoms with Gasteiger partial charge in [-0.05, 0) is 42.1 Å². The summed E-state index contributed by atoms with van der Waals surface area (Å²) in [4.78, 5) is 11.9. The predicted octanol–water partition coefficient (Wildman–Crippen LogP) is 4.60. The molecule has 0 aliphatic rings. The lowest BCUT2D eigenvalue weighted by atomic mass is 10.0. The number of nitrogens with one attached hydrogen (secondary N) is 1. The Bertz CT molecular complexity index is 1350. The van der Waals surface area contributed by atoms with E-state index in [2.05, 4.69) is 15.0 Å². The molecule has 13 heteroatoms. The van der Waals surface area contributed by atoms with Gasteiger partial charge in [-0.15, -0.1) is 5.11 Å². The molecule has 0 aliphatic carbocycles. The molecule has 1 N–H and O–H groups in total. The van der Waals surface area contributed by atoms with Crippen molar-refractivity contribution < 1.29 is 31.4 Å². The van der Waals surface area contributed by atoms with E-state index in [1.165, 1.54) is 30.3 Å².